The largest absolute Gasteiger partial charge is 0.407 e. The van der Waals surface area contributed by atoms with Gasteiger partial charge in [0.15, 0.2) is 0 Å². The summed E-state index contributed by atoms with van der Waals surface area (Å²) in [4.78, 5) is 0. The van der Waals surface area contributed by atoms with Crippen LogP contribution in [0.3, 0.4) is 0 Å². The second-order valence-corrected chi connectivity index (χ2v) is 3.18. The Hall–Kier alpha value is -1.56. The third kappa shape index (κ3) is 2.47. The summed E-state index contributed by atoms with van der Waals surface area (Å²) in [6.07, 6.45) is 0. The number of hydrogen-bond donors (Lipinski definition) is 1. The number of aryl methyl sites for hydroxylation is 1. The van der Waals surface area contributed by atoms with Crippen molar-refractivity contribution in [3.05, 3.63) is 23.4 Å². The van der Waals surface area contributed by atoms with Crippen LogP contribution in [-0.2, 0) is 12.4 Å². The molecule has 1 N–H and O–H groups in total. The van der Waals surface area contributed by atoms with E-state index in [1.54, 1.807) is 0 Å². The molecule has 0 spiro atoms. The molecule has 0 saturated carbocycles. The Bertz CT molecular complexity index is 439. The standard InChI is InChI=1S/C8H9ClN4O2/c1-5-2-6(13-15-5)4-10-8-12-11-7(3-9)14-8/h2H,3-4H2,1H3,(H,10,12). The molecule has 0 aliphatic carbocycles. The fourth-order valence-electron chi connectivity index (χ4n) is 1.05. The molecule has 2 heterocycles. The van der Waals surface area contributed by atoms with E-state index in [-0.39, 0.29) is 5.88 Å². The summed E-state index contributed by atoms with van der Waals surface area (Å²) < 4.78 is 10.0. The van der Waals surface area contributed by atoms with Gasteiger partial charge < -0.3 is 14.3 Å². The van der Waals surface area contributed by atoms with Crippen LogP contribution >= 0.6 is 11.6 Å². The Morgan fingerprint density at radius 3 is 2.93 bits per heavy atom. The van der Waals surface area contributed by atoms with E-state index in [4.69, 9.17) is 20.5 Å². The minimum Gasteiger partial charge on any atom is -0.407 e. The fourth-order valence-corrected chi connectivity index (χ4v) is 1.15. The van der Waals surface area contributed by atoms with E-state index in [9.17, 15) is 0 Å². The highest BCUT2D eigenvalue weighted by Gasteiger charge is 2.05. The average Bonchev–Trinajstić information content (AvgIpc) is 2.83. The first-order valence-corrected chi connectivity index (χ1v) is 4.86. The smallest absolute Gasteiger partial charge is 0.315 e. The number of aromatic nitrogens is 3. The Balaban J connectivity index is 1.93. The first kappa shape index (κ1) is 9.97. The van der Waals surface area contributed by atoms with E-state index in [1.807, 2.05) is 13.0 Å². The predicted octanol–water partition coefficient (Wildman–Crippen LogP) is 1.72. The molecular formula is C8H9ClN4O2. The lowest BCUT2D eigenvalue weighted by Gasteiger charge is -1.94. The number of nitrogens with one attached hydrogen (secondary N) is 1. The molecule has 2 aromatic rings. The Labute approximate surface area is 90.6 Å². The first-order valence-electron chi connectivity index (χ1n) is 4.32. The van der Waals surface area contributed by atoms with Gasteiger partial charge in [0.2, 0.25) is 5.89 Å². The van der Waals surface area contributed by atoms with E-state index < -0.39 is 0 Å². The highest BCUT2D eigenvalue weighted by molar-refractivity contribution is 6.16. The molecule has 0 bridgehead atoms. The van der Waals surface area contributed by atoms with E-state index in [0.29, 0.717) is 18.5 Å². The van der Waals surface area contributed by atoms with Crippen LogP contribution in [0.4, 0.5) is 6.01 Å². The molecule has 7 heteroatoms. The fraction of sp³-hybridized carbons (Fsp3) is 0.375. The summed E-state index contributed by atoms with van der Waals surface area (Å²) in [7, 11) is 0. The van der Waals surface area contributed by atoms with Crippen LogP contribution in [0.2, 0.25) is 0 Å². The minimum absolute atomic E-state index is 0.206. The highest BCUT2D eigenvalue weighted by atomic mass is 35.5. The van der Waals surface area contributed by atoms with Crippen molar-refractivity contribution in [3.63, 3.8) is 0 Å². The van der Waals surface area contributed by atoms with Crippen LogP contribution in [0.5, 0.6) is 0 Å². The SMILES string of the molecule is Cc1cc(CNc2nnc(CCl)o2)no1. The third-order valence-corrected chi connectivity index (χ3v) is 1.91. The van der Waals surface area contributed by atoms with Gasteiger partial charge in [0.05, 0.1) is 6.54 Å². The molecule has 0 amide bonds. The summed E-state index contributed by atoms with van der Waals surface area (Å²) in [5, 5.41) is 14.1. The van der Waals surface area contributed by atoms with Crippen LogP contribution < -0.4 is 5.32 Å². The number of halogens is 1. The lowest BCUT2D eigenvalue weighted by atomic mass is 10.4. The Morgan fingerprint density at radius 1 is 1.47 bits per heavy atom. The van der Waals surface area contributed by atoms with Crippen molar-refractivity contribution in [1.82, 2.24) is 15.4 Å². The number of rotatable bonds is 4. The molecule has 0 aliphatic rings. The summed E-state index contributed by atoms with van der Waals surface area (Å²) in [6.45, 7) is 2.30. The van der Waals surface area contributed by atoms with E-state index >= 15 is 0 Å². The molecule has 15 heavy (non-hydrogen) atoms. The zero-order valence-corrected chi connectivity index (χ0v) is 8.78. The number of alkyl halides is 1. The van der Waals surface area contributed by atoms with Crippen molar-refractivity contribution in [3.8, 4) is 0 Å². The van der Waals surface area contributed by atoms with Gasteiger partial charge in [-0.1, -0.05) is 10.3 Å². The summed E-state index contributed by atoms with van der Waals surface area (Å²) in [6, 6.07) is 2.15. The summed E-state index contributed by atoms with van der Waals surface area (Å²) in [5.41, 5.74) is 0.776. The van der Waals surface area contributed by atoms with Crippen molar-refractivity contribution in [1.29, 1.82) is 0 Å². The van der Waals surface area contributed by atoms with Crippen molar-refractivity contribution >= 4 is 17.6 Å². The number of hydrogen-bond acceptors (Lipinski definition) is 6. The van der Waals surface area contributed by atoms with Crippen LogP contribution in [-0.4, -0.2) is 15.4 Å². The maximum atomic E-state index is 5.51. The van der Waals surface area contributed by atoms with E-state index in [0.717, 1.165) is 11.5 Å². The van der Waals surface area contributed by atoms with Crippen LogP contribution in [0.15, 0.2) is 15.0 Å². The minimum atomic E-state index is 0.206. The van der Waals surface area contributed by atoms with Crippen molar-refractivity contribution < 1.29 is 8.94 Å². The van der Waals surface area contributed by atoms with Gasteiger partial charge in [-0.15, -0.1) is 16.7 Å². The predicted molar refractivity (Wildman–Crippen MR) is 52.4 cm³/mol. The molecule has 0 atom stereocenters. The zero-order chi connectivity index (χ0) is 10.7. The number of anilines is 1. The van der Waals surface area contributed by atoms with E-state index in [2.05, 4.69) is 20.7 Å². The molecule has 0 aromatic carbocycles. The molecule has 2 rings (SSSR count). The summed E-state index contributed by atoms with van der Waals surface area (Å²) >= 11 is 5.51. The zero-order valence-electron chi connectivity index (χ0n) is 8.03. The average molecular weight is 229 g/mol. The van der Waals surface area contributed by atoms with E-state index in [1.165, 1.54) is 0 Å². The third-order valence-electron chi connectivity index (χ3n) is 1.68. The van der Waals surface area contributed by atoms with Gasteiger partial charge in [-0.05, 0) is 6.92 Å². The molecule has 80 valence electrons. The normalized spacial score (nSPS) is 10.5. The van der Waals surface area contributed by atoms with Crippen molar-refractivity contribution in [2.45, 2.75) is 19.3 Å². The quantitative estimate of drug-likeness (QED) is 0.803. The van der Waals surface area contributed by atoms with Gasteiger partial charge in [0, 0.05) is 6.07 Å². The van der Waals surface area contributed by atoms with Crippen molar-refractivity contribution in [2.24, 2.45) is 0 Å². The summed E-state index contributed by atoms with van der Waals surface area (Å²) in [5.74, 6) is 1.35. The molecule has 2 aromatic heterocycles. The second-order valence-electron chi connectivity index (χ2n) is 2.92. The molecule has 0 fully saturated rings. The molecular weight excluding hydrogens is 220 g/mol. The van der Waals surface area contributed by atoms with Crippen LogP contribution in [0.1, 0.15) is 17.3 Å². The van der Waals surface area contributed by atoms with Gasteiger partial charge >= 0.3 is 6.01 Å². The first-order chi connectivity index (χ1) is 7.28. The molecule has 0 aliphatic heterocycles. The Morgan fingerprint density at radius 2 is 2.33 bits per heavy atom. The second kappa shape index (κ2) is 4.31. The molecule has 0 saturated heterocycles. The maximum absolute atomic E-state index is 5.51. The maximum Gasteiger partial charge on any atom is 0.315 e. The molecule has 0 radical (unpaired) electrons. The highest BCUT2D eigenvalue weighted by Crippen LogP contribution is 2.09. The number of nitrogens with zero attached hydrogens (tertiary/aromatic N) is 3. The van der Waals surface area contributed by atoms with Crippen LogP contribution in [0.25, 0.3) is 0 Å². The van der Waals surface area contributed by atoms with Crippen molar-refractivity contribution in [2.75, 3.05) is 5.32 Å². The van der Waals surface area contributed by atoms with Gasteiger partial charge in [-0.2, -0.15) is 0 Å². The monoisotopic (exact) mass is 228 g/mol. The lowest BCUT2D eigenvalue weighted by molar-refractivity contribution is 0.391. The topological polar surface area (TPSA) is 77.0 Å². The van der Waals surface area contributed by atoms with Gasteiger partial charge in [0.25, 0.3) is 0 Å². The molecule has 0 unspecified atom stereocenters. The van der Waals surface area contributed by atoms with Gasteiger partial charge in [-0.3, -0.25) is 0 Å². The van der Waals surface area contributed by atoms with Gasteiger partial charge in [0.1, 0.15) is 17.3 Å². The molecule has 6 nitrogen and oxygen atoms in total. The lowest BCUT2D eigenvalue weighted by Crippen LogP contribution is -1.99. The Kier molecular flexibility index (Phi) is 2.86. The van der Waals surface area contributed by atoms with Gasteiger partial charge in [-0.25, -0.2) is 0 Å². The van der Waals surface area contributed by atoms with Crippen LogP contribution in [0, 0.1) is 6.92 Å².